The Morgan fingerprint density at radius 3 is 0.951 bits per heavy atom. The smallest absolute Gasteiger partial charge is 0.305 e. The number of carbonyl (C=O) groups is 2. The lowest BCUT2D eigenvalue weighted by molar-refractivity contribution is -0.143. The number of hydrogen-bond acceptors (Lipinski definition) is 5. The van der Waals surface area contributed by atoms with Crippen LogP contribution in [0.5, 0.6) is 0 Å². The molecule has 0 aromatic heterocycles. The number of aliphatic hydroxyl groups excluding tert-OH is 2. The van der Waals surface area contributed by atoms with Gasteiger partial charge in [-0.15, -0.1) is 0 Å². The molecule has 81 heavy (non-hydrogen) atoms. The second-order valence-electron chi connectivity index (χ2n) is 25.6. The van der Waals surface area contributed by atoms with Gasteiger partial charge in [0, 0.05) is 12.8 Å². The van der Waals surface area contributed by atoms with Crippen molar-refractivity contribution in [1.82, 2.24) is 5.32 Å². The van der Waals surface area contributed by atoms with Crippen molar-refractivity contribution in [2.24, 2.45) is 0 Å². The number of carbonyl (C=O) groups excluding carboxylic acids is 2. The normalized spacial score (nSPS) is 12.6. The molecule has 0 fully saturated rings. The highest BCUT2D eigenvalue weighted by molar-refractivity contribution is 5.76. The SMILES string of the molecule is CCCCCC/C=C\C/C=C\CCCCCCCC(=O)OCCCCCCCCCCCCCCCCCCCCCCCCCCCCCCCCCCCCCCCC(=O)NC(CO)C(O)CCCCCCCCCCCCC. The molecule has 6 nitrogen and oxygen atoms in total. The Labute approximate surface area is 507 Å². The monoisotopic (exact) mass is 1140 g/mol. The number of esters is 1. The van der Waals surface area contributed by atoms with E-state index in [1.165, 1.54) is 334 Å². The molecule has 2 unspecified atom stereocenters. The number of hydrogen-bond donors (Lipinski definition) is 3. The first-order chi connectivity index (χ1) is 40.0. The summed E-state index contributed by atoms with van der Waals surface area (Å²) in [6.45, 7) is 4.95. The third-order valence-corrected chi connectivity index (χ3v) is 17.5. The first kappa shape index (κ1) is 79.3. The lowest BCUT2D eigenvalue weighted by atomic mass is 10.0. The van der Waals surface area contributed by atoms with E-state index in [-0.39, 0.29) is 18.5 Å². The number of ether oxygens (including phenoxy) is 1. The molecule has 0 aromatic carbocycles. The zero-order valence-corrected chi connectivity index (χ0v) is 55.0. The molecule has 0 aliphatic rings. The van der Waals surface area contributed by atoms with Crippen molar-refractivity contribution in [3.05, 3.63) is 24.3 Å². The van der Waals surface area contributed by atoms with Crippen LogP contribution in [0.15, 0.2) is 24.3 Å². The van der Waals surface area contributed by atoms with Gasteiger partial charge in [0.05, 0.1) is 25.4 Å². The van der Waals surface area contributed by atoms with Crippen molar-refractivity contribution in [3.8, 4) is 0 Å². The van der Waals surface area contributed by atoms with Gasteiger partial charge in [0.2, 0.25) is 5.91 Å². The van der Waals surface area contributed by atoms with Crippen LogP contribution in [-0.4, -0.2) is 47.4 Å². The number of nitrogens with one attached hydrogen (secondary N) is 1. The van der Waals surface area contributed by atoms with E-state index in [4.69, 9.17) is 4.74 Å². The highest BCUT2D eigenvalue weighted by Crippen LogP contribution is 2.20. The Morgan fingerprint density at radius 1 is 0.346 bits per heavy atom. The summed E-state index contributed by atoms with van der Waals surface area (Å²) in [7, 11) is 0. The molecule has 6 heteroatoms. The van der Waals surface area contributed by atoms with Crippen molar-refractivity contribution < 1.29 is 24.5 Å². The van der Waals surface area contributed by atoms with Crippen molar-refractivity contribution >= 4 is 11.9 Å². The Balaban J connectivity index is 3.28. The number of allylic oxidation sites excluding steroid dienone is 4. The fourth-order valence-electron chi connectivity index (χ4n) is 11.9. The van der Waals surface area contributed by atoms with Crippen LogP contribution in [0.4, 0.5) is 0 Å². The fraction of sp³-hybridized carbons (Fsp3) is 0.920. The minimum Gasteiger partial charge on any atom is -0.466 e. The van der Waals surface area contributed by atoms with E-state index in [9.17, 15) is 19.8 Å². The highest BCUT2D eigenvalue weighted by Gasteiger charge is 2.20. The summed E-state index contributed by atoms with van der Waals surface area (Å²) in [5.74, 6) is -0.0176. The van der Waals surface area contributed by atoms with Crippen LogP contribution < -0.4 is 5.32 Å². The predicted molar refractivity (Wildman–Crippen MR) is 356 cm³/mol. The van der Waals surface area contributed by atoms with Gasteiger partial charge >= 0.3 is 5.97 Å². The van der Waals surface area contributed by atoms with Crippen LogP contribution in [0.3, 0.4) is 0 Å². The third kappa shape index (κ3) is 67.3. The largest absolute Gasteiger partial charge is 0.466 e. The van der Waals surface area contributed by atoms with Crippen LogP contribution in [0.25, 0.3) is 0 Å². The van der Waals surface area contributed by atoms with Gasteiger partial charge in [-0.05, 0) is 57.8 Å². The quantitative estimate of drug-likeness (QED) is 0.0320. The number of amides is 1. The van der Waals surface area contributed by atoms with Crippen LogP contribution in [0.2, 0.25) is 0 Å². The van der Waals surface area contributed by atoms with E-state index < -0.39 is 12.1 Å². The molecule has 480 valence electrons. The molecular weight excluding hydrogens is 995 g/mol. The second kappa shape index (κ2) is 70.8. The Kier molecular flexibility index (Phi) is 69.4. The van der Waals surface area contributed by atoms with Gasteiger partial charge in [-0.3, -0.25) is 9.59 Å². The van der Waals surface area contributed by atoms with Gasteiger partial charge in [0.25, 0.3) is 0 Å². The van der Waals surface area contributed by atoms with E-state index in [2.05, 4.69) is 43.5 Å². The molecule has 1 amide bonds. The lowest BCUT2D eigenvalue weighted by Gasteiger charge is -2.22. The highest BCUT2D eigenvalue weighted by atomic mass is 16.5. The van der Waals surface area contributed by atoms with Gasteiger partial charge in [-0.1, -0.05) is 372 Å². The van der Waals surface area contributed by atoms with Crippen LogP contribution in [-0.2, 0) is 14.3 Å². The summed E-state index contributed by atoms with van der Waals surface area (Å²) in [5, 5.41) is 23.2. The average molecular weight is 1140 g/mol. The lowest BCUT2D eigenvalue weighted by Crippen LogP contribution is -2.45. The molecule has 0 saturated heterocycles. The molecule has 0 aliphatic heterocycles. The third-order valence-electron chi connectivity index (χ3n) is 17.5. The summed E-state index contributed by atoms with van der Waals surface area (Å²) in [6, 6.07) is -0.535. The van der Waals surface area contributed by atoms with Crippen LogP contribution in [0.1, 0.15) is 418 Å². The second-order valence-corrected chi connectivity index (χ2v) is 25.6. The number of unbranched alkanes of at least 4 members (excludes halogenated alkanes) is 55. The maximum atomic E-state index is 12.5. The summed E-state index contributed by atoms with van der Waals surface area (Å²) in [5.41, 5.74) is 0. The molecule has 0 rings (SSSR count). The summed E-state index contributed by atoms with van der Waals surface area (Å²) < 4.78 is 5.50. The van der Waals surface area contributed by atoms with Gasteiger partial charge in [-0.25, -0.2) is 0 Å². The summed E-state index contributed by atoms with van der Waals surface area (Å²) in [6.07, 6.45) is 89.8. The van der Waals surface area contributed by atoms with E-state index in [1.807, 2.05) is 0 Å². The first-order valence-corrected chi connectivity index (χ1v) is 37.1. The zero-order chi connectivity index (χ0) is 58.5. The van der Waals surface area contributed by atoms with E-state index in [0.717, 1.165) is 51.4 Å². The van der Waals surface area contributed by atoms with Crippen molar-refractivity contribution in [3.63, 3.8) is 0 Å². The number of aliphatic hydroxyl groups is 2. The molecule has 3 N–H and O–H groups in total. The van der Waals surface area contributed by atoms with Gasteiger partial charge in [0.1, 0.15) is 0 Å². The average Bonchev–Trinajstić information content (AvgIpc) is 3.47. The van der Waals surface area contributed by atoms with Crippen molar-refractivity contribution in [2.75, 3.05) is 13.2 Å². The molecule has 0 aliphatic carbocycles. The van der Waals surface area contributed by atoms with Crippen molar-refractivity contribution in [1.29, 1.82) is 0 Å². The van der Waals surface area contributed by atoms with Gasteiger partial charge in [-0.2, -0.15) is 0 Å². The molecule has 0 saturated carbocycles. The summed E-state index contributed by atoms with van der Waals surface area (Å²) >= 11 is 0. The Morgan fingerprint density at radius 2 is 0.617 bits per heavy atom. The fourth-order valence-corrected chi connectivity index (χ4v) is 11.9. The molecule has 0 spiro atoms. The molecule has 2 atom stereocenters. The Bertz CT molecular complexity index is 1270. The molecule has 0 bridgehead atoms. The number of rotatable bonds is 70. The van der Waals surface area contributed by atoms with Crippen LogP contribution in [0, 0.1) is 0 Å². The molecule has 0 aromatic rings. The maximum Gasteiger partial charge on any atom is 0.305 e. The van der Waals surface area contributed by atoms with Gasteiger partial charge < -0.3 is 20.3 Å². The maximum absolute atomic E-state index is 12.5. The van der Waals surface area contributed by atoms with Crippen molar-refractivity contribution in [2.45, 2.75) is 431 Å². The predicted octanol–water partition coefficient (Wildman–Crippen LogP) is 24.1. The van der Waals surface area contributed by atoms with E-state index >= 15 is 0 Å². The summed E-state index contributed by atoms with van der Waals surface area (Å²) in [4.78, 5) is 24.6. The molecule has 0 radical (unpaired) electrons. The standard InChI is InChI=1S/C75H145NO5/c1-3-5-7-9-11-13-15-16-17-42-45-49-53-57-61-65-69-75(80)81-70-66-62-58-54-50-46-43-40-38-36-34-32-30-28-26-24-22-20-18-19-21-23-25-27-29-31-33-35-37-39-41-44-48-52-56-60-64-68-74(79)76-72(71-77)73(78)67-63-59-55-51-47-14-12-10-8-6-4-2/h13,15,17,42,72-73,77-78H,3-12,14,16,18-41,43-71H2,1-2H3,(H,76,79)/b15-13-,42-17-. The minimum atomic E-state index is -0.658. The topological polar surface area (TPSA) is 95.9 Å². The minimum absolute atomic E-state index is 0.0104. The Hall–Kier alpha value is -1.66. The first-order valence-electron chi connectivity index (χ1n) is 37.1. The van der Waals surface area contributed by atoms with Crippen LogP contribution >= 0.6 is 0 Å². The van der Waals surface area contributed by atoms with Gasteiger partial charge in [0.15, 0.2) is 0 Å². The van der Waals surface area contributed by atoms with E-state index in [1.54, 1.807) is 0 Å². The van der Waals surface area contributed by atoms with E-state index in [0.29, 0.717) is 25.9 Å². The molecular formula is C75H145NO5. The molecule has 0 heterocycles. The zero-order valence-electron chi connectivity index (χ0n) is 55.0.